The Morgan fingerprint density at radius 3 is 1.65 bits per heavy atom. The lowest BCUT2D eigenvalue weighted by molar-refractivity contribution is 0.494. The molecule has 0 aliphatic rings. The van der Waals surface area contributed by atoms with Crippen molar-refractivity contribution < 1.29 is 0 Å². The molecule has 0 radical (unpaired) electrons. The van der Waals surface area contributed by atoms with Crippen molar-refractivity contribution in [1.82, 2.24) is 10.3 Å². The van der Waals surface area contributed by atoms with Gasteiger partial charge in [0.05, 0.1) is 0 Å². The molecular weight excluding hydrogens is 244 g/mol. The number of aromatic nitrogens is 1. The number of nitrogens with one attached hydrogen (secondary N) is 1. The molecule has 2 nitrogen and oxygen atoms in total. The van der Waals surface area contributed by atoms with E-state index < -0.39 is 0 Å². The molecule has 0 spiro atoms. The number of hydrogen-bond acceptors (Lipinski definition) is 2. The summed E-state index contributed by atoms with van der Waals surface area (Å²) in [5.41, 5.74) is 3.99. The largest absolute Gasteiger partial charge is 0.304 e. The molecule has 1 aromatic carbocycles. The molecule has 0 saturated heterocycles. The van der Waals surface area contributed by atoms with Gasteiger partial charge in [-0.25, -0.2) is 0 Å². The standard InChI is InChI=1S/C18H24N2/c1-13(2)16-5-7-17(8-6-16)14(3)20-15(4)18-9-11-19-12-10-18/h5-15,20H,1-4H3/t14?,15-/m1/s1. The van der Waals surface area contributed by atoms with Crippen molar-refractivity contribution in [3.63, 3.8) is 0 Å². The van der Waals surface area contributed by atoms with E-state index in [0.29, 0.717) is 18.0 Å². The van der Waals surface area contributed by atoms with Gasteiger partial charge < -0.3 is 5.32 Å². The molecule has 2 rings (SSSR count). The van der Waals surface area contributed by atoms with Crippen molar-refractivity contribution in [2.24, 2.45) is 0 Å². The van der Waals surface area contributed by atoms with Crippen LogP contribution >= 0.6 is 0 Å². The third-order valence-corrected chi connectivity index (χ3v) is 3.81. The minimum absolute atomic E-state index is 0.317. The lowest BCUT2D eigenvalue weighted by Gasteiger charge is -2.21. The summed E-state index contributed by atoms with van der Waals surface area (Å²) in [7, 11) is 0. The molecule has 1 heterocycles. The zero-order chi connectivity index (χ0) is 14.5. The highest BCUT2D eigenvalue weighted by molar-refractivity contribution is 5.27. The average molecular weight is 268 g/mol. The second-order valence-corrected chi connectivity index (χ2v) is 5.71. The summed E-state index contributed by atoms with van der Waals surface area (Å²) in [5.74, 6) is 0.586. The Morgan fingerprint density at radius 2 is 1.15 bits per heavy atom. The SMILES string of the molecule is CC(C)c1ccc(C(C)N[C@H](C)c2ccncc2)cc1. The van der Waals surface area contributed by atoms with E-state index in [1.165, 1.54) is 16.7 Å². The maximum Gasteiger partial charge on any atom is 0.0298 e. The van der Waals surface area contributed by atoms with Crippen LogP contribution in [0.5, 0.6) is 0 Å². The first-order valence-corrected chi connectivity index (χ1v) is 7.33. The Balaban J connectivity index is 2.02. The van der Waals surface area contributed by atoms with Crippen molar-refractivity contribution in [1.29, 1.82) is 0 Å². The van der Waals surface area contributed by atoms with Gasteiger partial charge in [0.2, 0.25) is 0 Å². The van der Waals surface area contributed by atoms with E-state index in [1.807, 2.05) is 12.4 Å². The van der Waals surface area contributed by atoms with Crippen molar-refractivity contribution >= 4 is 0 Å². The lowest BCUT2D eigenvalue weighted by atomic mass is 9.99. The van der Waals surface area contributed by atoms with Gasteiger partial charge in [0.25, 0.3) is 0 Å². The summed E-state index contributed by atoms with van der Waals surface area (Å²) in [6.45, 7) is 8.85. The lowest BCUT2D eigenvalue weighted by Crippen LogP contribution is -2.22. The van der Waals surface area contributed by atoms with Gasteiger partial charge in [0.15, 0.2) is 0 Å². The molecule has 106 valence electrons. The number of nitrogens with zero attached hydrogens (tertiary/aromatic N) is 1. The van der Waals surface area contributed by atoms with Gasteiger partial charge in [0, 0.05) is 24.5 Å². The average Bonchev–Trinajstić information content (AvgIpc) is 2.48. The van der Waals surface area contributed by atoms with Crippen LogP contribution in [0.4, 0.5) is 0 Å². The highest BCUT2D eigenvalue weighted by atomic mass is 14.9. The van der Waals surface area contributed by atoms with Gasteiger partial charge in [-0.05, 0) is 48.6 Å². The van der Waals surface area contributed by atoms with Gasteiger partial charge in [-0.1, -0.05) is 38.1 Å². The van der Waals surface area contributed by atoms with Crippen molar-refractivity contribution in [2.45, 2.75) is 45.7 Å². The second kappa shape index (κ2) is 6.67. The maximum absolute atomic E-state index is 4.06. The van der Waals surface area contributed by atoms with E-state index in [1.54, 1.807) is 0 Å². The van der Waals surface area contributed by atoms with Crippen LogP contribution in [-0.2, 0) is 0 Å². The molecule has 2 heteroatoms. The fraction of sp³-hybridized carbons (Fsp3) is 0.389. The molecule has 1 N–H and O–H groups in total. The molecule has 20 heavy (non-hydrogen) atoms. The quantitative estimate of drug-likeness (QED) is 0.856. The Bertz CT molecular complexity index is 517. The van der Waals surface area contributed by atoms with Gasteiger partial charge >= 0.3 is 0 Å². The van der Waals surface area contributed by atoms with Crippen LogP contribution in [0.1, 0.15) is 62.4 Å². The normalized spacial score (nSPS) is 14.2. The zero-order valence-corrected chi connectivity index (χ0v) is 12.8. The Morgan fingerprint density at radius 1 is 0.700 bits per heavy atom. The van der Waals surface area contributed by atoms with Crippen LogP contribution < -0.4 is 5.32 Å². The molecule has 0 bridgehead atoms. The predicted octanol–water partition coefficient (Wildman–Crippen LogP) is 4.62. The fourth-order valence-electron chi connectivity index (χ4n) is 2.39. The molecule has 2 aromatic rings. The fourth-order valence-corrected chi connectivity index (χ4v) is 2.39. The van der Waals surface area contributed by atoms with E-state index in [0.717, 1.165) is 0 Å². The van der Waals surface area contributed by atoms with Crippen LogP contribution in [0.3, 0.4) is 0 Å². The summed E-state index contributed by atoms with van der Waals surface area (Å²) in [6.07, 6.45) is 3.69. The first-order valence-electron chi connectivity index (χ1n) is 7.33. The number of rotatable bonds is 5. The Kier molecular flexibility index (Phi) is 4.91. The first kappa shape index (κ1) is 14.7. The molecule has 0 fully saturated rings. The monoisotopic (exact) mass is 268 g/mol. The van der Waals surface area contributed by atoms with E-state index in [9.17, 15) is 0 Å². The number of hydrogen-bond donors (Lipinski definition) is 1. The third-order valence-electron chi connectivity index (χ3n) is 3.81. The summed E-state index contributed by atoms with van der Waals surface area (Å²) in [5, 5.41) is 3.63. The van der Waals surface area contributed by atoms with Crippen LogP contribution in [0.2, 0.25) is 0 Å². The molecular formula is C18H24N2. The van der Waals surface area contributed by atoms with Gasteiger partial charge in [-0.3, -0.25) is 4.98 Å². The van der Waals surface area contributed by atoms with Crippen molar-refractivity contribution in [3.05, 3.63) is 65.5 Å². The molecule has 0 aliphatic carbocycles. The van der Waals surface area contributed by atoms with Crippen LogP contribution in [0.25, 0.3) is 0 Å². The topological polar surface area (TPSA) is 24.9 Å². The minimum atomic E-state index is 0.317. The van der Waals surface area contributed by atoms with E-state index in [4.69, 9.17) is 0 Å². The minimum Gasteiger partial charge on any atom is -0.304 e. The molecule has 1 unspecified atom stereocenters. The first-order chi connectivity index (χ1) is 9.58. The number of pyridine rings is 1. The molecule has 0 saturated carbocycles. The second-order valence-electron chi connectivity index (χ2n) is 5.71. The predicted molar refractivity (Wildman–Crippen MR) is 84.7 cm³/mol. The molecule has 0 aliphatic heterocycles. The number of benzene rings is 1. The zero-order valence-electron chi connectivity index (χ0n) is 12.8. The van der Waals surface area contributed by atoms with E-state index >= 15 is 0 Å². The van der Waals surface area contributed by atoms with Crippen molar-refractivity contribution in [3.8, 4) is 0 Å². The van der Waals surface area contributed by atoms with Crippen LogP contribution in [0.15, 0.2) is 48.8 Å². The third kappa shape index (κ3) is 3.67. The van der Waals surface area contributed by atoms with Crippen LogP contribution in [0, 0.1) is 0 Å². The molecule has 2 atom stereocenters. The smallest absolute Gasteiger partial charge is 0.0298 e. The molecule has 0 amide bonds. The van der Waals surface area contributed by atoms with Crippen LogP contribution in [-0.4, -0.2) is 4.98 Å². The Hall–Kier alpha value is -1.67. The Labute approximate surface area is 122 Å². The molecule has 1 aromatic heterocycles. The maximum atomic E-state index is 4.06. The van der Waals surface area contributed by atoms with Gasteiger partial charge in [-0.15, -0.1) is 0 Å². The van der Waals surface area contributed by atoms with E-state index in [2.05, 4.69) is 74.4 Å². The summed E-state index contributed by atoms with van der Waals surface area (Å²) < 4.78 is 0. The van der Waals surface area contributed by atoms with Gasteiger partial charge in [0.1, 0.15) is 0 Å². The van der Waals surface area contributed by atoms with Gasteiger partial charge in [-0.2, -0.15) is 0 Å². The summed E-state index contributed by atoms with van der Waals surface area (Å²) >= 11 is 0. The van der Waals surface area contributed by atoms with Crippen molar-refractivity contribution in [2.75, 3.05) is 0 Å². The summed E-state index contributed by atoms with van der Waals surface area (Å²) in [4.78, 5) is 4.06. The summed E-state index contributed by atoms with van der Waals surface area (Å²) in [6, 6.07) is 13.7. The highest BCUT2D eigenvalue weighted by Crippen LogP contribution is 2.21. The highest BCUT2D eigenvalue weighted by Gasteiger charge is 2.11. The van der Waals surface area contributed by atoms with E-state index in [-0.39, 0.29) is 0 Å².